The normalized spacial score (nSPS) is 25.8. The third-order valence-corrected chi connectivity index (χ3v) is 3.70. The molecular formula is C7H13NO4S. The number of nitrogens with one attached hydrogen (secondary N) is 1. The van der Waals surface area contributed by atoms with Gasteiger partial charge in [0.15, 0.2) is 9.84 Å². The molecule has 6 heteroatoms. The van der Waals surface area contributed by atoms with Crippen molar-refractivity contribution in [2.75, 3.05) is 18.1 Å². The molecule has 1 unspecified atom stereocenters. The van der Waals surface area contributed by atoms with Crippen LogP contribution in [0.2, 0.25) is 0 Å². The Morgan fingerprint density at radius 1 is 1.54 bits per heavy atom. The highest BCUT2D eigenvalue weighted by Crippen LogP contribution is 2.10. The lowest BCUT2D eigenvalue weighted by Crippen LogP contribution is -2.35. The minimum absolute atomic E-state index is 0.0319. The SMILES string of the molecule is O=C(CCO)NC1CCS(=O)(=O)C1. The molecule has 0 aromatic rings. The molecule has 76 valence electrons. The van der Waals surface area contributed by atoms with Gasteiger partial charge in [-0.15, -0.1) is 0 Å². The lowest BCUT2D eigenvalue weighted by atomic mass is 10.2. The van der Waals surface area contributed by atoms with Gasteiger partial charge in [0, 0.05) is 12.5 Å². The number of carbonyl (C=O) groups is 1. The first-order valence-corrected chi connectivity index (χ1v) is 5.96. The van der Waals surface area contributed by atoms with Gasteiger partial charge in [0.1, 0.15) is 0 Å². The third-order valence-electron chi connectivity index (χ3n) is 1.94. The molecule has 0 spiro atoms. The number of rotatable bonds is 3. The molecule has 0 bridgehead atoms. The Kier molecular flexibility index (Phi) is 3.27. The fourth-order valence-corrected chi connectivity index (χ4v) is 2.98. The van der Waals surface area contributed by atoms with Crippen molar-refractivity contribution in [3.05, 3.63) is 0 Å². The van der Waals surface area contributed by atoms with Crippen molar-refractivity contribution >= 4 is 15.7 Å². The van der Waals surface area contributed by atoms with E-state index in [2.05, 4.69) is 5.32 Å². The van der Waals surface area contributed by atoms with E-state index in [0.29, 0.717) is 6.42 Å². The van der Waals surface area contributed by atoms with Crippen LogP contribution in [-0.4, -0.2) is 43.6 Å². The van der Waals surface area contributed by atoms with Crippen LogP contribution >= 0.6 is 0 Å². The molecule has 0 aromatic carbocycles. The molecule has 2 N–H and O–H groups in total. The number of aliphatic hydroxyl groups excluding tert-OH is 1. The monoisotopic (exact) mass is 207 g/mol. The first kappa shape index (κ1) is 10.5. The average molecular weight is 207 g/mol. The molecule has 1 fully saturated rings. The average Bonchev–Trinajstić information content (AvgIpc) is 2.30. The van der Waals surface area contributed by atoms with Crippen LogP contribution in [0.25, 0.3) is 0 Å². The Hall–Kier alpha value is -0.620. The number of sulfone groups is 1. The van der Waals surface area contributed by atoms with E-state index < -0.39 is 9.84 Å². The lowest BCUT2D eigenvalue weighted by Gasteiger charge is -2.09. The number of carbonyl (C=O) groups excluding carboxylic acids is 1. The second-order valence-electron chi connectivity index (χ2n) is 3.14. The Labute approximate surface area is 77.1 Å². The molecule has 1 aliphatic heterocycles. The van der Waals surface area contributed by atoms with Crippen molar-refractivity contribution in [1.29, 1.82) is 0 Å². The minimum Gasteiger partial charge on any atom is -0.396 e. The summed E-state index contributed by atoms with van der Waals surface area (Å²) >= 11 is 0. The maximum atomic E-state index is 11.0. The highest BCUT2D eigenvalue weighted by atomic mass is 32.2. The van der Waals surface area contributed by atoms with Gasteiger partial charge in [-0.05, 0) is 6.42 Å². The summed E-state index contributed by atoms with van der Waals surface area (Å²) < 4.78 is 22.0. The van der Waals surface area contributed by atoms with Crippen LogP contribution in [-0.2, 0) is 14.6 Å². The quantitative estimate of drug-likeness (QED) is 0.600. The highest BCUT2D eigenvalue weighted by Gasteiger charge is 2.28. The van der Waals surface area contributed by atoms with Gasteiger partial charge >= 0.3 is 0 Å². The van der Waals surface area contributed by atoms with Gasteiger partial charge in [-0.2, -0.15) is 0 Å². The molecule has 1 amide bonds. The van der Waals surface area contributed by atoms with Crippen molar-refractivity contribution in [3.8, 4) is 0 Å². The molecule has 1 aliphatic rings. The zero-order valence-corrected chi connectivity index (χ0v) is 8.01. The van der Waals surface area contributed by atoms with E-state index in [1.807, 2.05) is 0 Å². The standard InChI is InChI=1S/C7H13NO4S/c9-3-1-7(10)8-6-2-4-13(11,12)5-6/h6,9H,1-5H2,(H,8,10). The summed E-state index contributed by atoms with van der Waals surface area (Å²) in [7, 11) is -2.93. The van der Waals surface area contributed by atoms with E-state index >= 15 is 0 Å². The zero-order valence-electron chi connectivity index (χ0n) is 7.19. The van der Waals surface area contributed by atoms with Crippen molar-refractivity contribution in [2.45, 2.75) is 18.9 Å². The van der Waals surface area contributed by atoms with Crippen LogP contribution in [0.15, 0.2) is 0 Å². The number of amides is 1. The van der Waals surface area contributed by atoms with Crippen molar-refractivity contribution in [3.63, 3.8) is 0 Å². The van der Waals surface area contributed by atoms with Crippen LogP contribution < -0.4 is 5.32 Å². The Balaban J connectivity index is 2.36. The van der Waals surface area contributed by atoms with Crippen LogP contribution in [0.4, 0.5) is 0 Å². The summed E-state index contributed by atoms with van der Waals surface area (Å²) in [6.07, 6.45) is 0.524. The largest absolute Gasteiger partial charge is 0.396 e. The van der Waals surface area contributed by atoms with Crippen molar-refractivity contribution < 1.29 is 18.3 Å². The molecule has 1 saturated heterocycles. The smallest absolute Gasteiger partial charge is 0.222 e. The Morgan fingerprint density at radius 2 is 2.23 bits per heavy atom. The highest BCUT2D eigenvalue weighted by molar-refractivity contribution is 7.91. The molecule has 0 radical (unpaired) electrons. The fraction of sp³-hybridized carbons (Fsp3) is 0.857. The molecule has 13 heavy (non-hydrogen) atoms. The molecule has 5 nitrogen and oxygen atoms in total. The molecule has 1 rings (SSSR count). The predicted octanol–water partition coefficient (Wildman–Crippen LogP) is -1.33. The van der Waals surface area contributed by atoms with E-state index in [4.69, 9.17) is 5.11 Å². The summed E-state index contributed by atoms with van der Waals surface area (Å²) in [4.78, 5) is 10.9. The van der Waals surface area contributed by atoms with Gasteiger partial charge in [0.05, 0.1) is 18.1 Å². The third kappa shape index (κ3) is 3.31. The summed E-state index contributed by atoms with van der Waals surface area (Å²) in [6.45, 7) is -0.203. The van der Waals surface area contributed by atoms with Crippen molar-refractivity contribution in [2.24, 2.45) is 0 Å². The van der Waals surface area contributed by atoms with Gasteiger partial charge in [-0.1, -0.05) is 0 Å². The van der Waals surface area contributed by atoms with Gasteiger partial charge in [0.2, 0.25) is 5.91 Å². The van der Waals surface area contributed by atoms with E-state index in [1.54, 1.807) is 0 Å². The van der Waals surface area contributed by atoms with Crippen LogP contribution in [0.1, 0.15) is 12.8 Å². The molecule has 1 heterocycles. The van der Waals surface area contributed by atoms with E-state index in [0.717, 1.165) is 0 Å². The second kappa shape index (κ2) is 4.06. The topological polar surface area (TPSA) is 83.5 Å². The summed E-state index contributed by atoms with van der Waals surface area (Å²) in [5.41, 5.74) is 0. The van der Waals surface area contributed by atoms with Crippen molar-refractivity contribution in [1.82, 2.24) is 5.32 Å². The lowest BCUT2D eigenvalue weighted by molar-refractivity contribution is -0.122. The van der Waals surface area contributed by atoms with Crippen LogP contribution in [0, 0.1) is 0 Å². The number of hydrogen-bond donors (Lipinski definition) is 2. The van der Waals surface area contributed by atoms with E-state index in [-0.39, 0.29) is 36.5 Å². The van der Waals surface area contributed by atoms with Crippen LogP contribution in [0.5, 0.6) is 0 Å². The zero-order chi connectivity index (χ0) is 9.90. The molecule has 0 aliphatic carbocycles. The van der Waals surface area contributed by atoms with Gasteiger partial charge < -0.3 is 10.4 Å². The summed E-state index contributed by atoms with van der Waals surface area (Å²) in [6, 6.07) is -0.260. The van der Waals surface area contributed by atoms with Gasteiger partial charge in [0.25, 0.3) is 0 Å². The van der Waals surface area contributed by atoms with Gasteiger partial charge in [-0.25, -0.2) is 8.42 Å². The van der Waals surface area contributed by atoms with E-state index in [1.165, 1.54) is 0 Å². The molecule has 0 saturated carbocycles. The summed E-state index contributed by atoms with van der Waals surface area (Å²) in [5.74, 6) is -0.106. The molecular weight excluding hydrogens is 194 g/mol. The number of hydrogen-bond acceptors (Lipinski definition) is 4. The van der Waals surface area contributed by atoms with Gasteiger partial charge in [-0.3, -0.25) is 4.79 Å². The number of aliphatic hydroxyl groups is 1. The maximum Gasteiger partial charge on any atom is 0.222 e. The Bertz CT molecular complexity index is 285. The first-order chi connectivity index (χ1) is 6.03. The molecule has 0 aromatic heterocycles. The first-order valence-electron chi connectivity index (χ1n) is 4.14. The summed E-state index contributed by atoms with van der Waals surface area (Å²) in [5, 5.41) is 11.0. The maximum absolute atomic E-state index is 11.0. The predicted molar refractivity (Wildman–Crippen MR) is 46.9 cm³/mol. The fourth-order valence-electron chi connectivity index (χ4n) is 1.31. The van der Waals surface area contributed by atoms with E-state index in [9.17, 15) is 13.2 Å². The minimum atomic E-state index is -2.93. The molecule has 1 atom stereocenters. The van der Waals surface area contributed by atoms with Crippen LogP contribution in [0.3, 0.4) is 0 Å². The Morgan fingerprint density at radius 3 is 2.69 bits per heavy atom. The second-order valence-corrected chi connectivity index (χ2v) is 5.37.